The van der Waals surface area contributed by atoms with Crippen LogP contribution in [0.15, 0.2) is 21.5 Å². The van der Waals surface area contributed by atoms with E-state index in [1.165, 1.54) is 0 Å². The zero-order chi connectivity index (χ0) is 14.1. The Hall–Kier alpha value is -0.800. The van der Waals surface area contributed by atoms with Crippen LogP contribution in [0.5, 0.6) is 0 Å². The lowest BCUT2D eigenvalue weighted by atomic mass is 10.4. The zero-order valence-electron chi connectivity index (χ0n) is 12.4. The maximum Gasteiger partial charge on any atom is 0.118 e. The molecule has 1 aromatic heterocycles. The number of nitrogens with two attached hydrogens (primary N) is 1. The Morgan fingerprint density at radius 3 is 2.67 bits per heavy atom. The quantitative estimate of drug-likeness (QED) is 0.338. The maximum absolute atomic E-state index is 5.72. The number of terminal acetylenes is 1. The number of amidine groups is 1. The smallest absolute Gasteiger partial charge is 0.118 e. The largest absolute Gasteiger partial charge is 0.464 e. The van der Waals surface area contributed by atoms with Gasteiger partial charge in [0.05, 0.1) is 18.1 Å². The van der Waals surface area contributed by atoms with Crippen molar-refractivity contribution in [3.63, 3.8) is 0 Å². The van der Waals surface area contributed by atoms with Crippen LogP contribution in [-0.2, 0) is 12.3 Å². The van der Waals surface area contributed by atoms with Gasteiger partial charge >= 0.3 is 0 Å². The number of hydrogen-bond donors (Lipinski definition) is 1. The van der Waals surface area contributed by atoms with E-state index in [2.05, 4.69) is 15.8 Å². The summed E-state index contributed by atoms with van der Waals surface area (Å²) in [5.74, 6) is 6.84. The SMILES string of the molecule is C#CCN=C(N)CCSCc1ccc(CN(C)C)o1.Cl.Cl. The minimum absolute atomic E-state index is 0. The second kappa shape index (κ2) is 12.9. The van der Waals surface area contributed by atoms with Gasteiger partial charge in [-0.2, -0.15) is 11.8 Å². The summed E-state index contributed by atoms with van der Waals surface area (Å²) in [7, 11) is 4.05. The highest BCUT2D eigenvalue weighted by Crippen LogP contribution is 2.16. The third-order valence-corrected chi connectivity index (χ3v) is 3.29. The lowest BCUT2D eigenvalue weighted by Gasteiger charge is -2.05. The van der Waals surface area contributed by atoms with Crippen LogP contribution in [0.4, 0.5) is 0 Å². The molecule has 0 fully saturated rings. The molecule has 0 aliphatic rings. The lowest BCUT2D eigenvalue weighted by molar-refractivity contribution is 0.344. The van der Waals surface area contributed by atoms with Crippen LogP contribution < -0.4 is 5.73 Å². The molecule has 0 bridgehead atoms. The highest BCUT2D eigenvalue weighted by Gasteiger charge is 2.03. The molecule has 21 heavy (non-hydrogen) atoms. The molecular formula is C14H23Cl2N3OS. The number of rotatable bonds is 8. The summed E-state index contributed by atoms with van der Waals surface area (Å²) >= 11 is 1.78. The predicted molar refractivity (Wildman–Crippen MR) is 96.7 cm³/mol. The van der Waals surface area contributed by atoms with Gasteiger partial charge in [0.1, 0.15) is 18.1 Å². The van der Waals surface area contributed by atoms with E-state index in [9.17, 15) is 0 Å². The Labute approximate surface area is 143 Å². The van der Waals surface area contributed by atoms with E-state index in [0.29, 0.717) is 12.4 Å². The first-order chi connectivity index (χ1) is 9.11. The summed E-state index contributed by atoms with van der Waals surface area (Å²) in [4.78, 5) is 6.12. The van der Waals surface area contributed by atoms with Crippen molar-refractivity contribution in [3.05, 3.63) is 23.7 Å². The number of nitrogens with zero attached hydrogens (tertiary/aromatic N) is 2. The third-order valence-electron chi connectivity index (χ3n) is 2.31. The second-order valence-electron chi connectivity index (χ2n) is 4.42. The van der Waals surface area contributed by atoms with E-state index in [-0.39, 0.29) is 24.8 Å². The van der Waals surface area contributed by atoms with Crippen LogP contribution in [-0.4, -0.2) is 37.1 Å². The minimum atomic E-state index is 0. The van der Waals surface area contributed by atoms with Gasteiger partial charge in [-0.25, -0.2) is 0 Å². The number of halogens is 2. The number of thioether (sulfide) groups is 1. The summed E-state index contributed by atoms with van der Waals surface area (Å²) in [5, 5.41) is 0. The standard InChI is InChI=1S/C14H21N3OS.2ClH/c1-4-8-16-14(15)7-9-19-11-13-6-5-12(18-13)10-17(2)3;;/h1,5-6H,7-11H2,2-3H3,(H2,15,16);2*1H. The summed E-state index contributed by atoms with van der Waals surface area (Å²) in [6.07, 6.45) is 5.87. The molecule has 0 saturated heterocycles. The highest BCUT2D eigenvalue weighted by molar-refractivity contribution is 7.98. The molecule has 120 valence electrons. The number of furan rings is 1. The van der Waals surface area contributed by atoms with E-state index < -0.39 is 0 Å². The van der Waals surface area contributed by atoms with Gasteiger partial charge in [-0.05, 0) is 26.2 Å². The summed E-state index contributed by atoms with van der Waals surface area (Å²) < 4.78 is 5.72. The summed E-state index contributed by atoms with van der Waals surface area (Å²) in [5.41, 5.74) is 5.71. The van der Waals surface area contributed by atoms with Crippen molar-refractivity contribution in [2.24, 2.45) is 10.7 Å². The Morgan fingerprint density at radius 1 is 1.38 bits per heavy atom. The van der Waals surface area contributed by atoms with Gasteiger partial charge in [0, 0.05) is 12.2 Å². The highest BCUT2D eigenvalue weighted by atomic mass is 35.5. The van der Waals surface area contributed by atoms with Crippen molar-refractivity contribution in [3.8, 4) is 12.3 Å². The predicted octanol–water partition coefficient (Wildman–Crippen LogP) is 2.80. The Kier molecular flexibility index (Phi) is 13.8. The summed E-state index contributed by atoms with van der Waals surface area (Å²) in [6, 6.07) is 4.06. The molecular weight excluding hydrogens is 329 g/mol. The molecule has 1 rings (SSSR count). The van der Waals surface area contributed by atoms with E-state index in [1.807, 2.05) is 26.2 Å². The maximum atomic E-state index is 5.72. The van der Waals surface area contributed by atoms with Gasteiger partial charge in [0.25, 0.3) is 0 Å². The van der Waals surface area contributed by atoms with Gasteiger partial charge in [0.2, 0.25) is 0 Å². The third kappa shape index (κ3) is 10.6. The van der Waals surface area contributed by atoms with E-state index in [1.54, 1.807) is 11.8 Å². The van der Waals surface area contributed by atoms with Crippen molar-refractivity contribution >= 4 is 42.4 Å². The first-order valence-corrected chi connectivity index (χ1v) is 7.29. The monoisotopic (exact) mass is 351 g/mol. The Bertz CT molecular complexity index is 455. The molecule has 0 aliphatic carbocycles. The fraction of sp³-hybridized carbons (Fsp3) is 0.500. The first-order valence-electron chi connectivity index (χ1n) is 6.14. The molecule has 4 nitrogen and oxygen atoms in total. The van der Waals surface area contributed by atoms with Crippen LogP contribution in [0.1, 0.15) is 17.9 Å². The van der Waals surface area contributed by atoms with Crippen LogP contribution in [0.2, 0.25) is 0 Å². The summed E-state index contributed by atoms with van der Waals surface area (Å²) in [6.45, 7) is 1.19. The van der Waals surface area contributed by atoms with Gasteiger partial charge in [-0.3, -0.25) is 4.99 Å². The van der Waals surface area contributed by atoms with Crippen molar-refractivity contribution in [1.82, 2.24) is 4.90 Å². The lowest BCUT2D eigenvalue weighted by Crippen LogP contribution is -2.13. The van der Waals surface area contributed by atoms with Gasteiger partial charge < -0.3 is 15.1 Å². The van der Waals surface area contributed by atoms with Crippen LogP contribution in [0.3, 0.4) is 0 Å². The first kappa shape index (κ1) is 22.5. The van der Waals surface area contributed by atoms with E-state index in [0.717, 1.165) is 36.0 Å². The topological polar surface area (TPSA) is 54.8 Å². The van der Waals surface area contributed by atoms with Crippen LogP contribution in [0, 0.1) is 12.3 Å². The molecule has 2 N–H and O–H groups in total. The van der Waals surface area contributed by atoms with Gasteiger partial charge in [-0.1, -0.05) is 5.92 Å². The van der Waals surface area contributed by atoms with E-state index >= 15 is 0 Å². The molecule has 0 aromatic carbocycles. The van der Waals surface area contributed by atoms with Crippen molar-refractivity contribution in [1.29, 1.82) is 0 Å². The average Bonchev–Trinajstić information content (AvgIpc) is 2.79. The molecule has 0 amide bonds. The molecule has 1 aromatic rings. The molecule has 0 radical (unpaired) electrons. The Morgan fingerprint density at radius 2 is 2.05 bits per heavy atom. The fourth-order valence-corrected chi connectivity index (χ4v) is 2.33. The molecule has 7 heteroatoms. The van der Waals surface area contributed by atoms with Crippen LogP contribution in [0.25, 0.3) is 0 Å². The van der Waals surface area contributed by atoms with E-state index in [4.69, 9.17) is 16.6 Å². The molecule has 0 aliphatic heterocycles. The normalized spacial score (nSPS) is 10.7. The molecule has 1 heterocycles. The molecule has 0 atom stereocenters. The fourth-order valence-electron chi connectivity index (χ4n) is 1.47. The number of aliphatic imine (C=N–C) groups is 1. The average molecular weight is 352 g/mol. The molecule has 0 spiro atoms. The second-order valence-corrected chi connectivity index (χ2v) is 5.53. The van der Waals surface area contributed by atoms with Gasteiger partial charge in [0.15, 0.2) is 0 Å². The zero-order valence-corrected chi connectivity index (χ0v) is 14.8. The molecule has 0 saturated carbocycles. The number of hydrogen-bond acceptors (Lipinski definition) is 4. The van der Waals surface area contributed by atoms with Crippen molar-refractivity contribution in [2.75, 3.05) is 26.4 Å². The molecule has 0 unspecified atom stereocenters. The van der Waals surface area contributed by atoms with Crippen LogP contribution >= 0.6 is 36.6 Å². The van der Waals surface area contributed by atoms with Crippen molar-refractivity contribution < 1.29 is 4.42 Å². The van der Waals surface area contributed by atoms with Crippen molar-refractivity contribution in [2.45, 2.75) is 18.7 Å². The Balaban J connectivity index is 0. The van der Waals surface area contributed by atoms with Gasteiger partial charge in [-0.15, -0.1) is 31.2 Å². The minimum Gasteiger partial charge on any atom is -0.464 e.